The van der Waals surface area contributed by atoms with Crippen LogP contribution in [0.25, 0.3) is 0 Å². The minimum absolute atomic E-state index is 0.389. The first-order chi connectivity index (χ1) is 13.0. The molecule has 0 unspecified atom stereocenters. The molecule has 0 amide bonds. The van der Waals surface area contributed by atoms with Crippen molar-refractivity contribution in [2.24, 2.45) is 0 Å². The van der Waals surface area contributed by atoms with Gasteiger partial charge in [0.15, 0.2) is 0 Å². The maximum Gasteiger partial charge on any atom is 0.236 e. The normalized spacial score (nSPS) is 16.4. The topological polar surface area (TPSA) is 49.9 Å². The van der Waals surface area contributed by atoms with Gasteiger partial charge >= 0.3 is 0 Å². The molecule has 0 N–H and O–H groups in total. The summed E-state index contributed by atoms with van der Waals surface area (Å²) < 4.78 is 31.7. The van der Waals surface area contributed by atoms with E-state index in [-0.39, 0.29) is 0 Å². The van der Waals surface area contributed by atoms with Crippen LogP contribution < -0.4 is 4.74 Å². The van der Waals surface area contributed by atoms with E-state index in [1.54, 1.807) is 11.4 Å². The average molecular weight is 391 g/mol. The van der Waals surface area contributed by atoms with E-state index in [0.29, 0.717) is 25.6 Å². The van der Waals surface area contributed by atoms with Gasteiger partial charge in [0.1, 0.15) is 5.75 Å². The predicted octanol–water partition coefficient (Wildman–Crippen LogP) is 3.06. The van der Waals surface area contributed by atoms with E-state index in [1.165, 1.54) is 17.0 Å². The number of rotatable bonds is 7. The molecule has 1 aromatic carbocycles. The summed E-state index contributed by atoms with van der Waals surface area (Å²) in [5, 5.41) is 1.23. The minimum atomic E-state index is -3.39. The third-order valence-corrected chi connectivity index (χ3v) is 6.59. The average Bonchev–Trinajstić information content (AvgIpc) is 2.71. The van der Waals surface area contributed by atoms with Crippen molar-refractivity contribution < 1.29 is 13.2 Å². The van der Waals surface area contributed by atoms with Crippen LogP contribution in [0.1, 0.15) is 38.2 Å². The molecule has 0 spiro atoms. The lowest BCUT2D eigenvalue weighted by molar-refractivity contribution is 0.322. The quantitative estimate of drug-likeness (QED) is 0.672. The highest BCUT2D eigenvalue weighted by Gasteiger charge is 2.26. The zero-order chi connectivity index (χ0) is 19.7. The molecule has 1 aromatic rings. The van der Waals surface area contributed by atoms with Crippen LogP contribution in [0.4, 0.5) is 0 Å². The molecule has 0 aromatic heterocycles. The molecule has 0 saturated carbocycles. The highest BCUT2D eigenvalue weighted by Crippen LogP contribution is 2.30. The molecular weight excluding hydrogens is 360 g/mol. The summed E-state index contributed by atoms with van der Waals surface area (Å²) in [6, 6.07) is 8.05. The summed E-state index contributed by atoms with van der Waals surface area (Å²) in [7, 11) is -1.74. The number of hydrogen-bond acceptors (Lipinski definition) is 4. The smallest absolute Gasteiger partial charge is 0.236 e. The van der Waals surface area contributed by atoms with E-state index < -0.39 is 10.0 Å². The van der Waals surface area contributed by atoms with Crippen LogP contribution >= 0.6 is 0 Å². The van der Waals surface area contributed by atoms with Crippen molar-refractivity contribution >= 4 is 10.0 Å². The first-order valence-corrected chi connectivity index (χ1v) is 11.0. The number of methoxy groups -OCH3 is 1. The summed E-state index contributed by atoms with van der Waals surface area (Å²) in [4.78, 5) is 2.18. The molecule has 27 heavy (non-hydrogen) atoms. The Balaban J connectivity index is 1.88. The van der Waals surface area contributed by atoms with Crippen molar-refractivity contribution in [3.63, 3.8) is 0 Å². The van der Waals surface area contributed by atoms with Crippen LogP contribution in [0.5, 0.6) is 5.75 Å². The first kappa shape index (κ1) is 21.5. The molecule has 6 heteroatoms. The number of piperidine rings is 1. The van der Waals surface area contributed by atoms with Crippen molar-refractivity contribution in [1.82, 2.24) is 9.21 Å². The van der Waals surface area contributed by atoms with E-state index in [9.17, 15) is 8.42 Å². The Morgan fingerprint density at radius 2 is 1.81 bits per heavy atom. The lowest BCUT2D eigenvalue weighted by atomic mass is 9.90. The van der Waals surface area contributed by atoms with Gasteiger partial charge in [-0.25, -0.2) is 8.42 Å². The van der Waals surface area contributed by atoms with Gasteiger partial charge in [-0.3, -0.25) is 4.90 Å². The summed E-state index contributed by atoms with van der Waals surface area (Å²) >= 11 is 0. The number of hydrogen-bond donors (Lipinski definition) is 0. The van der Waals surface area contributed by atoms with Crippen LogP contribution in [0, 0.1) is 11.8 Å². The molecule has 1 heterocycles. The molecule has 0 atom stereocenters. The number of sulfonamides is 1. The van der Waals surface area contributed by atoms with E-state index in [0.717, 1.165) is 31.7 Å². The third kappa shape index (κ3) is 6.39. The van der Waals surface area contributed by atoms with Gasteiger partial charge in [-0.2, -0.15) is 4.31 Å². The highest BCUT2D eigenvalue weighted by atomic mass is 32.2. The van der Waals surface area contributed by atoms with Crippen molar-refractivity contribution in [3.8, 4) is 17.6 Å². The van der Waals surface area contributed by atoms with Gasteiger partial charge in [-0.05, 0) is 49.5 Å². The van der Waals surface area contributed by atoms with Crippen LogP contribution in [-0.4, -0.2) is 57.5 Å². The van der Waals surface area contributed by atoms with Crippen molar-refractivity contribution in [2.75, 3.05) is 39.8 Å². The van der Waals surface area contributed by atoms with Crippen LogP contribution in [0.3, 0.4) is 0 Å². The number of ether oxygens (including phenoxy) is 1. The number of nitrogens with zero attached hydrogens (tertiary/aromatic N) is 2. The van der Waals surface area contributed by atoms with E-state index in [4.69, 9.17) is 4.74 Å². The van der Waals surface area contributed by atoms with Crippen molar-refractivity contribution in [1.29, 1.82) is 0 Å². The zero-order valence-corrected chi connectivity index (χ0v) is 17.3. The summed E-state index contributed by atoms with van der Waals surface area (Å²) in [5.41, 5.74) is 1.24. The molecule has 0 radical (unpaired) electrons. The second-order valence-electron chi connectivity index (χ2n) is 6.58. The lowest BCUT2D eigenvalue weighted by Crippen LogP contribution is -2.36. The Morgan fingerprint density at radius 1 is 1.19 bits per heavy atom. The standard InChI is InChI=1S/C21H30N2O3S/c1-4-22(5-2)15-7-6-8-18-27(24,25)23-16-13-20(14-17-23)19-9-11-21(26-3)12-10-19/h8-12,18,20H,4-5,13-17H2,1-3H3/b18-8+. The lowest BCUT2D eigenvalue weighted by Gasteiger charge is -2.30. The maximum absolute atomic E-state index is 12.5. The largest absolute Gasteiger partial charge is 0.497 e. The SMILES string of the molecule is CCN(CC)CC#C/C=C/S(=O)(=O)N1CCC(c2ccc(OC)cc2)CC1. The number of benzene rings is 1. The second kappa shape index (κ2) is 10.5. The molecule has 148 valence electrons. The van der Waals surface area contributed by atoms with Crippen LogP contribution in [-0.2, 0) is 10.0 Å². The van der Waals surface area contributed by atoms with Gasteiger partial charge in [0, 0.05) is 19.2 Å². The zero-order valence-electron chi connectivity index (χ0n) is 16.5. The summed E-state index contributed by atoms with van der Waals surface area (Å²) in [6.07, 6.45) is 3.11. The van der Waals surface area contributed by atoms with Crippen LogP contribution in [0.2, 0.25) is 0 Å². The Labute approximate surface area is 164 Å². The van der Waals surface area contributed by atoms with Gasteiger partial charge in [-0.15, -0.1) is 0 Å². The Kier molecular flexibility index (Phi) is 8.36. The fourth-order valence-electron chi connectivity index (χ4n) is 3.19. The van der Waals surface area contributed by atoms with Crippen molar-refractivity contribution in [3.05, 3.63) is 41.3 Å². The van der Waals surface area contributed by atoms with Crippen molar-refractivity contribution in [2.45, 2.75) is 32.6 Å². The molecule has 0 bridgehead atoms. The molecule has 1 fully saturated rings. The van der Waals surface area contributed by atoms with E-state index >= 15 is 0 Å². The summed E-state index contributed by atoms with van der Waals surface area (Å²) in [5.74, 6) is 7.06. The Morgan fingerprint density at radius 3 is 2.37 bits per heavy atom. The molecule has 1 saturated heterocycles. The molecule has 1 aliphatic rings. The predicted molar refractivity (Wildman–Crippen MR) is 110 cm³/mol. The second-order valence-corrected chi connectivity index (χ2v) is 8.40. The fourth-order valence-corrected chi connectivity index (χ4v) is 4.32. The fraction of sp³-hybridized carbons (Fsp3) is 0.524. The van der Waals surface area contributed by atoms with Crippen LogP contribution in [0.15, 0.2) is 35.7 Å². The van der Waals surface area contributed by atoms with Gasteiger partial charge in [-0.1, -0.05) is 37.8 Å². The molecular formula is C21H30N2O3S. The third-order valence-electron chi connectivity index (χ3n) is 5.02. The van der Waals surface area contributed by atoms with E-state index in [2.05, 4.69) is 42.7 Å². The van der Waals surface area contributed by atoms with E-state index in [1.807, 2.05) is 12.1 Å². The van der Waals surface area contributed by atoms with Gasteiger partial charge in [0.05, 0.1) is 19.1 Å². The molecule has 0 aliphatic carbocycles. The minimum Gasteiger partial charge on any atom is -0.497 e. The van der Waals surface area contributed by atoms with Gasteiger partial charge in [0.2, 0.25) is 10.0 Å². The highest BCUT2D eigenvalue weighted by molar-refractivity contribution is 7.92. The molecule has 5 nitrogen and oxygen atoms in total. The maximum atomic E-state index is 12.5. The number of allylic oxidation sites excluding steroid dienone is 1. The summed E-state index contributed by atoms with van der Waals surface area (Å²) in [6.45, 7) is 7.78. The molecule has 1 aliphatic heterocycles. The monoisotopic (exact) mass is 390 g/mol. The first-order valence-electron chi connectivity index (χ1n) is 9.51. The Hall–Kier alpha value is -1.81. The van der Waals surface area contributed by atoms with Gasteiger partial charge in [0.25, 0.3) is 0 Å². The Bertz CT molecular complexity index is 764. The van der Waals surface area contributed by atoms with Gasteiger partial charge < -0.3 is 4.74 Å². The molecule has 2 rings (SSSR count).